The molecular formula is C31H30N2O5S. The van der Waals surface area contributed by atoms with Crippen LogP contribution in [0.2, 0.25) is 0 Å². The van der Waals surface area contributed by atoms with Gasteiger partial charge >= 0.3 is 5.91 Å². The number of hydrogen-bond donors (Lipinski definition) is 2. The molecule has 4 aromatic rings. The number of aliphatic hydroxyl groups excluding tert-OH is 1. The zero-order valence-corrected chi connectivity index (χ0v) is 23.3. The van der Waals surface area contributed by atoms with E-state index in [1.54, 1.807) is 24.3 Å². The van der Waals surface area contributed by atoms with Crippen molar-refractivity contribution in [3.8, 4) is 11.5 Å². The number of hydrogen-bond acceptors (Lipinski definition) is 7. The summed E-state index contributed by atoms with van der Waals surface area (Å²) in [5.41, 5.74) is 3.36. The normalized spacial score (nSPS) is 17.3. The van der Waals surface area contributed by atoms with Gasteiger partial charge in [-0.2, -0.15) is 0 Å². The van der Waals surface area contributed by atoms with Gasteiger partial charge in [0.15, 0.2) is 5.13 Å². The molecule has 1 unspecified atom stereocenters. The molecule has 3 aromatic carbocycles. The SMILES string of the molecule is CCc1ccc2nc(N3C(=O)C(=O)/C(=C(/O)c4cc(C(C)(C)C)ccc4OC)C3c3ccc(O)cc3)sc2c1. The molecule has 1 saturated heterocycles. The molecule has 200 valence electrons. The molecule has 7 nitrogen and oxygen atoms in total. The third-order valence-corrected chi connectivity index (χ3v) is 8.05. The van der Waals surface area contributed by atoms with E-state index in [-0.39, 0.29) is 22.5 Å². The van der Waals surface area contributed by atoms with Crippen LogP contribution in [0.1, 0.15) is 56.0 Å². The molecule has 8 heteroatoms. The van der Waals surface area contributed by atoms with E-state index in [1.165, 1.54) is 35.5 Å². The van der Waals surface area contributed by atoms with Crippen LogP contribution >= 0.6 is 11.3 Å². The summed E-state index contributed by atoms with van der Waals surface area (Å²) in [7, 11) is 1.49. The first-order valence-corrected chi connectivity index (χ1v) is 13.5. The van der Waals surface area contributed by atoms with Crippen molar-refractivity contribution in [1.82, 2.24) is 4.98 Å². The molecule has 1 atom stereocenters. The zero-order chi connectivity index (χ0) is 28.1. The van der Waals surface area contributed by atoms with Crippen molar-refractivity contribution < 1.29 is 24.5 Å². The Balaban J connectivity index is 1.75. The number of aromatic hydroxyl groups is 1. The second kappa shape index (κ2) is 9.85. The summed E-state index contributed by atoms with van der Waals surface area (Å²) in [5.74, 6) is -1.51. The van der Waals surface area contributed by atoms with E-state index in [4.69, 9.17) is 4.74 Å². The van der Waals surface area contributed by atoms with Crippen LogP contribution in [0.4, 0.5) is 5.13 Å². The number of ether oxygens (including phenoxy) is 1. The number of rotatable bonds is 5. The number of anilines is 1. The number of phenolic OH excluding ortho intramolecular Hbond substituents is 1. The second-order valence-electron chi connectivity index (χ2n) is 10.6. The lowest BCUT2D eigenvalue weighted by Gasteiger charge is -2.24. The minimum atomic E-state index is -0.959. The van der Waals surface area contributed by atoms with Crippen molar-refractivity contribution in [3.63, 3.8) is 0 Å². The van der Waals surface area contributed by atoms with Gasteiger partial charge in [-0.25, -0.2) is 4.98 Å². The van der Waals surface area contributed by atoms with Gasteiger partial charge in [0.1, 0.15) is 17.3 Å². The fraction of sp³-hybridized carbons (Fsp3) is 0.258. The number of phenols is 1. The largest absolute Gasteiger partial charge is 0.508 e. The van der Waals surface area contributed by atoms with Crippen LogP contribution in [0, 0.1) is 0 Å². The highest BCUT2D eigenvalue weighted by molar-refractivity contribution is 7.22. The van der Waals surface area contributed by atoms with Crippen molar-refractivity contribution in [2.45, 2.75) is 45.6 Å². The molecule has 0 spiro atoms. The molecule has 1 aliphatic heterocycles. The Hall–Kier alpha value is -4.17. The number of methoxy groups -OCH3 is 1. The summed E-state index contributed by atoms with van der Waals surface area (Å²) in [6.45, 7) is 8.21. The van der Waals surface area contributed by atoms with E-state index in [0.717, 1.165) is 27.8 Å². The van der Waals surface area contributed by atoms with Crippen LogP contribution in [0.15, 0.2) is 66.2 Å². The van der Waals surface area contributed by atoms with Crippen molar-refractivity contribution in [2.75, 3.05) is 12.0 Å². The molecule has 0 saturated carbocycles. The van der Waals surface area contributed by atoms with Crippen molar-refractivity contribution in [2.24, 2.45) is 0 Å². The summed E-state index contributed by atoms with van der Waals surface area (Å²) < 4.78 is 6.44. The van der Waals surface area contributed by atoms with Crippen LogP contribution < -0.4 is 9.64 Å². The number of aromatic nitrogens is 1. The number of nitrogens with zero attached hydrogens (tertiary/aromatic N) is 2. The van der Waals surface area contributed by atoms with Crippen molar-refractivity contribution in [3.05, 3.63) is 88.5 Å². The Labute approximate surface area is 231 Å². The third-order valence-electron chi connectivity index (χ3n) is 7.03. The lowest BCUT2D eigenvalue weighted by molar-refractivity contribution is -0.132. The average molecular weight is 543 g/mol. The highest BCUT2D eigenvalue weighted by Gasteiger charge is 2.48. The Morgan fingerprint density at radius 3 is 2.41 bits per heavy atom. The average Bonchev–Trinajstić information content (AvgIpc) is 3.45. The Bertz CT molecular complexity index is 1630. The Morgan fingerprint density at radius 1 is 1.05 bits per heavy atom. The van der Waals surface area contributed by atoms with Gasteiger partial charge in [-0.15, -0.1) is 0 Å². The summed E-state index contributed by atoms with van der Waals surface area (Å²) in [6.07, 6.45) is 0.858. The van der Waals surface area contributed by atoms with Crippen LogP contribution in [-0.4, -0.2) is 34.0 Å². The van der Waals surface area contributed by atoms with Gasteiger partial charge in [-0.3, -0.25) is 14.5 Å². The maximum absolute atomic E-state index is 13.6. The number of aryl methyl sites for hydroxylation is 1. The number of carbonyl (C=O) groups is 2. The van der Waals surface area contributed by atoms with Gasteiger partial charge in [0, 0.05) is 0 Å². The highest BCUT2D eigenvalue weighted by Crippen LogP contribution is 2.45. The number of aliphatic hydroxyl groups is 1. The van der Waals surface area contributed by atoms with Crippen LogP contribution in [0.5, 0.6) is 11.5 Å². The predicted molar refractivity (Wildman–Crippen MR) is 154 cm³/mol. The van der Waals surface area contributed by atoms with Gasteiger partial charge in [0.25, 0.3) is 5.78 Å². The maximum Gasteiger partial charge on any atom is 0.301 e. The Kier molecular flexibility index (Phi) is 6.68. The standard InChI is InChI=1S/C31H30N2O5S/c1-6-17-7-13-22-24(15-17)39-30(32-22)33-26(18-8-11-20(34)12-9-18)25(28(36)29(33)37)27(35)21-16-19(31(2,3)4)10-14-23(21)38-5/h7-16,26,34-35H,6H2,1-5H3/b27-25+. The van der Waals surface area contributed by atoms with Crippen LogP contribution in [0.25, 0.3) is 16.0 Å². The monoisotopic (exact) mass is 542 g/mol. The molecule has 1 aliphatic rings. The quantitative estimate of drug-likeness (QED) is 0.170. The van der Waals surface area contributed by atoms with E-state index in [1.807, 2.05) is 45.0 Å². The Morgan fingerprint density at radius 2 is 1.77 bits per heavy atom. The van der Waals surface area contributed by atoms with E-state index in [2.05, 4.69) is 11.9 Å². The predicted octanol–water partition coefficient (Wildman–Crippen LogP) is 6.50. The first kappa shape index (κ1) is 26.4. The lowest BCUT2D eigenvalue weighted by Crippen LogP contribution is -2.29. The molecule has 0 radical (unpaired) electrons. The highest BCUT2D eigenvalue weighted by atomic mass is 32.1. The van der Waals surface area contributed by atoms with E-state index in [0.29, 0.717) is 22.0 Å². The number of carbonyl (C=O) groups excluding carboxylic acids is 2. The first-order valence-electron chi connectivity index (χ1n) is 12.7. The van der Waals surface area contributed by atoms with Gasteiger partial charge < -0.3 is 14.9 Å². The molecule has 1 aromatic heterocycles. The number of thiazole rings is 1. The number of benzene rings is 3. The topological polar surface area (TPSA) is 100.0 Å². The second-order valence-corrected chi connectivity index (χ2v) is 11.6. The smallest absolute Gasteiger partial charge is 0.301 e. The molecular weight excluding hydrogens is 512 g/mol. The molecule has 39 heavy (non-hydrogen) atoms. The van der Waals surface area contributed by atoms with E-state index < -0.39 is 17.7 Å². The van der Waals surface area contributed by atoms with E-state index in [9.17, 15) is 19.8 Å². The minimum absolute atomic E-state index is 0.0438. The fourth-order valence-corrected chi connectivity index (χ4v) is 5.84. The first-order chi connectivity index (χ1) is 18.5. The molecule has 5 rings (SSSR count). The molecule has 2 N–H and O–H groups in total. The summed E-state index contributed by atoms with van der Waals surface area (Å²) in [5, 5.41) is 22.0. The molecule has 0 bridgehead atoms. The number of ketones is 1. The van der Waals surface area contributed by atoms with Crippen molar-refractivity contribution >= 4 is 44.1 Å². The molecule has 1 fully saturated rings. The summed E-state index contributed by atoms with van der Waals surface area (Å²) in [4.78, 5) is 33.3. The van der Waals surface area contributed by atoms with Gasteiger partial charge in [0.2, 0.25) is 0 Å². The van der Waals surface area contributed by atoms with Gasteiger partial charge in [0.05, 0.1) is 34.5 Å². The van der Waals surface area contributed by atoms with E-state index >= 15 is 0 Å². The lowest BCUT2D eigenvalue weighted by atomic mass is 9.85. The maximum atomic E-state index is 13.6. The number of amides is 1. The molecule has 0 aliphatic carbocycles. The van der Waals surface area contributed by atoms with Crippen molar-refractivity contribution in [1.29, 1.82) is 0 Å². The summed E-state index contributed by atoms with van der Waals surface area (Å²) in [6, 6.07) is 16.7. The van der Waals surface area contributed by atoms with Crippen LogP contribution in [0.3, 0.4) is 0 Å². The number of fused-ring (bicyclic) bond motifs is 1. The van der Waals surface area contributed by atoms with Crippen LogP contribution in [-0.2, 0) is 21.4 Å². The zero-order valence-electron chi connectivity index (χ0n) is 22.5. The minimum Gasteiger partial charge on any atom is -0.508 e. The molecule has 2 heterocycles. The molecule has 1 amide bonds. The number of Topliss-reactive ketones (excluding diaryl/α,β-unsaturated/α-hetero) is 1. The van der Waals surface area contributed by atoms with Gasteiger partial charge in [-0.1, -0.05) is 63.3 Å². The van der Waals surface area contributed by atoms with Gasteiger partial charge in [-0.05, 0) is 64.9 Å². The summed E-state index contributed by atoms with van der Waals surface area (Å²) >= 11 is 1.32. The third kappa shape index (κ3) is 4.65. The fourth-order valence-electron chi connectivity index (χ4n) is 4.79.